The van der Waals surface area contributed by atoms with Gasteiger partial charge in [0, 0.05) is 44.0 Å². The molecule has 2 aromatic heterocycles. The van der Waals surface area contributed by atoms with Gasteiger partial charge in [-0.3, -0.25) is 0 Å². The molecule has 3 heterocycles. The maximum Gasteiger partial charge on any atom is 0.0708 e. The molecular weight excluding hydrogens is 691 g/mol. The van der Waals surface area contributed by atoms with Crippen LogP contribution in [0.4, 0.5) is 17.1 Å². The van der Waals surface area contributed by atoms with E-state index in [-0.39, 0.29) is 0 Å². The van der Waals surface area contributed by atoms with Crippen molar-refractivity contribution < 1.29 is 0 Å². The number of para-hydroxylation sites is 5. The van der Waals surface area contributed by atoms with Gasteiger partial charge in [-0.05, 0) is 82.9 Å². The minimum absolute atomic E-state index is 1.10. The van der Waals surface area contributed by atoms with Crippen molar-refractivity contribution in [2.24, 2.45) is 0 Å². The van der Waals surface area contributed by atoms with Crippen LogP contribution >= 0.6 is 0 Å². The Morgan fingerprint density at radius 2 is 0.842 bits per heavy atom. The Labute approximate surface area is 330 Å². The second kappa shape index (κ2) is 12.5. The van der Waals surface area contributed by atoms with Gasteiger partial charge in [0.25, 0.3) is 0 Å². The molecule has 0 N–H and O–H groups in total. The molecule has 1 aliphatic rings. The lowest BCUT2D eigenvalue weighted by atomic mass is 9.91. The van der Waals surface area contributed by atoms with Crippen molar-refractivity contribution in [1.82, 2.24) is 9.13 Å². The molecule has 1 aliphatic heterocycles. The largest absolute Gasteiger partial charge is 0.309 e. The Morgan fingerprint density at radius 3 is 1.60 bits per heavy atom. The molecule has 3 heteroatoms. The summed E-state index contributed by atoms with van der Waals surface area (Å²) in [5.74, 6) is 0. The summed E-state index contributed by atoms with van der Waals surface area (Å²) in [5, 5.41) is 4.95. The van der Waals surface area contributed by atoms with Crippen LogP contribution in [-0.2, 0) is 0 Å². The van der Waals surface area contributed by atoms with E-state index in [9.17, 15) is 0 Å². The summed E-state index contributed by atoms with van der Waals surface area (Å²) >= 11 is 0. The van der Waals surface area contributed by atoms with Crippen LogP contribution in [0.25, 0.3) is 88.4 Å². The Hall–Kier alpha value is -7.62. The molecule has 0 saturated heterocycles. The zero-order valence-electron chi connectivity index (χ0n) is 31.0. The number of fused-ring (bicyclic) bond motifs is 12. The molecule has 0 bridgehead atoms. The molecule has 0 fully saturated rings. The standard InChI is InChI=1S/C54H35N3/c1-3-16-36(17-4-1)37-30-32-52-53(34-37)55(38-18-5-2-6-19-38)48-27-12-9-22-42(48)40-20-7-8-21-41(40)45-25-15-26-46-47-35-39(31-33-51(47)57(52)54(45)46)56-49-28-13-10-23-43(49)44-24-11-14-29-50(44)56/h1-35H. The van der Waals surface area contributed by atoms with Crippen molar-refractivity contribution in [2.45, 2.75) is 0 Å². The van der Waals surface area contributed by atoms with Gasteiger partial charge in [0.05, 0.1) is 39.1 Å². The summed E-state index contributed by atoms with van der Waals surface area (Å²) in [4.78, 5) is 2.46. The Bertz CT molecular complexity index is 3300. The zero-order valence-corrected chi connectivity index (χ0v) is 31.0. The number of hydrogen-bond acceptors (Lipinski definition) is 1. The first-order valence-electron chi connectivity index (χ1n) is 19.6. The maximum atomic E-state index is 2.53. The van der Waals surface area contributed by atoms with Crippen LogP contribution in [-0.4, -0.2) is 9.13 Å². The molecule has 0 radical (unpaired) electrons. The fourth-order valence-electron chi connectivity index (χ4n) is 9.40. The zero-order chi connectivity index (χ0) is 37.5. The van der Waals surface area contributed by atoms with Crippen LogP contribution < -0.4 is 4.90 Å². The minimum Gasteiger partial charge on any atom is -0.309 e. The molecule has 0 amide bonds. The molecule has 0 spiro atoms. The first kappa shape index (κ1) is 31.7. The third-order valence-electron chi connectivity index (χ3n) is 11.8. The van der Waals surface area contributed by atoms with Gasteiger partial charge in [-0.25, -0.2) is 0 Å². The third-order valence-corrected chi connectivity index (χ3v) is 11.8. The Balaban J connectivity index is 1.25. The highest BCUT2D eigenvalue weighted by molar-refractivity contribution is 6.17. The SMILES string of the molecule is c1ccc(-c2ccc3c(c2)N(c2ccccc2)c2ccccc2-c2ccccc2-c2cccc4c5cc(-n6c7ccccc7c7ccccc76)ccc5n-3c24)cc1. The molecule has 3 nitrogen and oxygen atoms in total. The topological polar surface area (TPSA) is 13.1 Å². The van der Waals surface area contributed by atoms with Crippen molar-refractivity contribution >= 4 is 60.7 Å². The molecule has 12 rings (SSSR count). The predicted molar refractivity (Wildman–Crippen MR) is 240 cm³/mol. The van der Waals surface area contributed by atoms with E-state index >= 15 is 0 Å². The number of rotatable bonds is 3. The number of anilines is 3. The quantitative estimate of drug-likeness (QED) is 0.177. The van der Waals surface area contributed by atoms with E-state index in [1.807, 2.05) is 0 Å². The highest BCUT2D eigenvalue weighted by Gasteiger charge is 2.27. The normalized spacial score (nSPS) is 12.2. The van der Waals surface area contributed by atoms with Crippen LogP contribution in [0.3, 0.4) is 0 Å². The summed E-state index contributed by atoms with van der Waals surface area (Å²) < 4.78 is 4.95. The molecule has 0 aliphatic carbocycles. The molecule has 11 aromatic rings. The summed E-state index contributed by atoms with van der Waals surface area (Å²) in [6.45, 7) is 0. The van der Waals surface area contributed by atoms with Crippen LogP contribution in [0.1, 0.15) is 0 Å². The van der Waals surface area contributed by atoms with Crippen LogP contribution in [0, 0.1) is 0 Å². The van der Waals surface area contributed by atoms with Crippen molar-refractivity contribution in [2.75, 3.05) is 4.90 Å². The first-order chi connectivity index (χ1) is 28.3. The van der Waals surface area contributed by atoms with Gasteiger partial charge in [-0.2, -0.15) is 0 Å². The molecule has 0 saturated carbocycles. The lowest BCUT2D eigenvalue weighted by Gasteiger charge is -2.32. The van der Waals surface area contributed by atoms with E-state index in [1.54, 1.807) is 0 Å². The summed E-state index contributed by atoms with van der Waals surface area (Å²) in [6, 6.07) is 77.8. The van der Waals surface area contributed by atoms with Crippen LogP contribution in [0.15, 0.2) is 212 Å². The average molecular weight is 726 g/mol. The van der Waals surface area contributed by atoms with Crippen molar-refractivity contribution in [3.8, 4) is 44.8 Å². The lowest BCUT2D eigenvalue weighted by molar-refractivity contribution is 1.14. The molecule has 0 unspecified atom stereocenters. The highest BCUT2D eigenvalue weighted by Crippen LogP contribution is 2.50. The summed E-state index contributed by atoms with van der Waals surface area (Å²) in [7, 11) is 0. The molecular formula is C54H35N3. The van der Waals surface area contributed by atoms with E-state index in [1.165, 1.54) is 71.5 Å². The van der Waals surface area contributed by atoms with Crippen LogP contribution in [0.2, 0.25) is 0 Å². The number of benzene rings is 9. The number of nitrogens with zero attached hydrogens (tertiary/aromatic N) is 3. The number of hydrogen-bond donors (Lipinski definition) is 0. The third kappa shape index (κ3) is 4.73. The number of aromatic nitrogens is 2. The van der Waals surface area contributed by atoms with Gasteiger partial charge in [0.1, 0.15) is 0 Å². The van der Waals surface area contributed by atoms with Crippen molar-refractivity contribution in [3.63, 3.8) is 0 Å². The van der Waals surface area contributed by atoms with Gasteiger partial charge < -0.3 is 14.0 Å². The van der Waals surface area contributed by atoms with Crippen LogP contribution in [0.5, 0.6) is 0 Å². The molecule has 0 atom stereocenters. The van der Waals surface area contributed by atoms with Gasteiger partial charge in [-0.1, -0.05) is 152 Å². The average Bonchev–Trinajstić information content (AvgIpc) is 3.80. The summed E-state index contributed by atoms with van der Waals surface area (Å²) in [5.41, 5.74) is 17.5. The van der Waals surface area contributed by atoms with Crippen molar-refractivity contribution in [3.05, 3.63) is 212 Å². The van der Waals surface area contributed by atoms with E-state index < -0.39 is 0 Å². The van der Waals surface area contributed by atoms with Gasteiger partial charge in [-0.15, -0.1) is 0 Å². The smallest absolute Gasteiger partial charge is 0.0708 e. The van der Waals surface area contributed by atoms with E-state index in [4.69, 9.17) is 0 Å². The minimum atomic E-state index is 1.10. The predicted octanol–water partition coefficient (Wildman–Crippen LogP) is 14.7. The van der Waals surface area contributed by atoms with Gasteiger partial charge in [0.15, 0.2) is 0 Å². The Morgan fingerprint density at radius 1 is 0.263 bits per heavy atom. The van der Waals surface area contributed by atoms with E-state index in [2.05, 4.69) is 226 Å². The van der Waals surface area contributed by atoms with E-state index in [0.29, 0.717) is 0 Å². The maximum absolute atomic E-state index is 2.53. The Kier molecular flexibility index (Phi) is 6.93. The monoisotopic (exact) mass is 725 g/mol. The fourth-order valence-corrected chi connectivity index (χ4v) is 9.40. The fraction of sp³-hybridized carbons (Fsp3) is 0. The second-order valence-electron chi connectivity index (χ2n) is 14.9. The van der Waals surface area contributed by atoms with E-state index in [0.717, 1.165) is 34.0 Å². The van der Waals surface area contributed by atoms with Gasteiger partial charge >= 0.3 is 0 Å². The second-order valence-corrected chi connectivity index (χ2v) is 14.9. The first-order valence-corrected chi connectivity index (χ1v) is 19.6. The molecule has 266 valence electrons. The highest BCUT2D eigenvalue weighted by atomic mass is 15.2. The lowest BCUT2D eigenvalue weighted by Crippen LogP contribution is -2.15. The van der Waals surface area contributed by atoms with Crippen molar-refractivity contribution in [1.29, 1.82) is 0 Å². The van der Waals surface area contributed by atoms with Gasteiger partial charge in [0.2, 0.25) is 0 Å². The summed E-state index contributed by atoms with van der Waals surface area (Å²) in [6.07, 6.45) is 0. The molecule has 9 aromatic carbocycles. The molecule has 57 heavy (non-hydrogen) atoms.